The number of benzene rings is 3. The van der Waals surface area contributed by atoms with Crippen LogP contribution in [0.2, 0.25) is 0 Å². The van der Waals surface area contributed by atoms with Crippen LogP contribution in [0.15, 0.2) is 72.8 Å². The van der Waals surface area contributed by atoms with Gasteiger partial charge in [0.1, 0.15) is 5.75 Å². The zero-order chi connectivity index (χ0) is 21.3. The predicted octanol–water partition coefficient (Wildman–Crippen LogP) is 4.29. The van der Waals surface area contributed by atoms with Crippen molar-refractivity contribution < 1.29 is 14.3 Å². The van der Waals surface area contributed by atoms with Crippen LogP contribution in [0.3, 0.4) is 0 Å². The summed E-state index contributed by atoms with van der Waals surface area (Å²) in [5.41, 5.74) is 4.07. The monoisotopic (exact) mass is 402 g/mol. The summed E-state index contributed by atoms with van der Waals surface area (Å²) in [6, 6.07) is 22.8. The summed E-state index contributed by atoms with van der Waals surface area (Å²) in [6.45, 7) is 4.29. The number of aryl methyl sites for hydroxylation is 2. The first kappa shape index (κ1) is 21.1. The summed E-state index contributed by atoms with van der Waals surface area (Å²) < 4.78 is 5.65. The summed E-state index contributed by atoms with van der Waals surface area (Å²) in [6.07, 6.45) is 0.741. The van der Waals surface area contributed by atoms with Gasteiger partial charge in [-0.3, -0.25) is 9.59 Å². The molecule has 0 atom stereocenters. The van der Waals surface area contributed by atoms with E-state index >= 15 is 0 Å². The van der Waals surface area contributed by atoms with Crippen molar-refractivity contribution in [2.75, 3.05) is 18.5 Å². The Hall–Kier alpha value is -3.60. The molecule has 3 rings (SSSR count). The standard InChI is InChI=1S/C25H26N2O3/c1-18-12-13-19(2)23(16-18)30-17-24(28)27-22-11-7-6-10-21(22)25(29)26-15-14-20-8-4-3-5-9-20/h3-13,16H,14-15,17H2,1-2H3,(H,26,29)(H,27,28). The first-order valence-electron chi connectivity index (χ1n) is 9.94. The lowest BCUT2D eigenvalue weighted by Gasteiger charge is -2.13. The maximum Gasteiger partial charge on any atom is 0.262 e. The molecule has 3 aromatic carbocycles. The molecule has 0 aromatic heterocycles. The minimum atomic E-state index is -0.319. The van der Waals surface area contributed by atoms with Crippen LogP contribution in [0.5, 0.6) is 5.75 Å². The average Bonchev–Trinajstić information content (AvgIpc) is 2.75. The van der Waals surface area contributed by atoms with Gasteiger partial charge in [0.2, 0.25) is 0 Å². The molecule has 0 radical (unpaired) electrons. The Morgan fingerprint density at radius 3 is 2.43 bits per heavy atom. The molecule has 0 aliphatic heterocycles. The maximum atomic E-state index is 12.6. The Morgan fingerprint density at radius 2 is 1.63 bits per heavy atom. The molecular weight excluding hydrogens is 376 g/mol. The molecule has 0 aliphatic rings. The molecule has 2 N–H and O–H groups in total. The lowest BCUT2D eigenvalue weighted by atomic mass is 10.1. The average molecular weight is 402 g/mol. The first-order chi connectivity index (χ1) is 14.5. The lowest BCUT2D eigenvalue weighted by Crippen LogP contribution is -2.28. The SMILES string of the molecule is Cc1ccc(C)c(OCC(=O)Nc2ccccc2C(=O)NCCc2ccccc2)c1. The Kier molecular flexibility index (Phi) is 7.22. The van der Waals surface area contributed by atoms with Gasteiger partial charge in [0.15, 0.2) is 6.61 Å². The van der Waals surface area contributed by atoms with Crippen LogP contribution in [0.25, 0.3) is 0 Å². The summed E-state index contributed by atoms with van der Waals surface area (Å²) in [4.78, 5) is 25.0. The Labute approximate surface area is 177 Å². The molecule has 2 amide bonds. The van der Waals surface area contributed by atoms with Gasteiger partial charge in [-0.2, -0.15) is 0 Å². The number of para-hydroxylation sites is 1. The van der Waals surface area contributed by atoms with Crippen LogP contribution in [0, 0.1) is 13.8 Å². The normalized spacial score (nSPS) is 10.3. The number of ether oxygens (including phenoxy) is 1. The zero-order valence-electron chi connectivity index (χ0n) is 17.3. The highest BCUT2D eigenvalue weighted by Gasteiger charge is 2.13. The van der Waals surface area contributed by atoms with E-state index in [1.165, 1.54) is 0 Å². The molecule has 0 saturated heterocycles. The van der Waals surface area contributed by atoms with Crippen molar-refractivity contribution in [3.05, 3.63) is 95.1 Å². The van der Waals surface area contributed by atoms with E-state index in [0.717, 1.165) is 23.1 Å². The van der Waals surface area contributed by atoms with Crippen LogP contribution < -0.4 is 15.4 Å². The fraction of sp³-hybridized carbons (Fsp3) is 0.200. The van der Waals surface area contributed by atoms with E-state index in [-0.39, 0.29) is 18.4 Å². The van der Waals surface area contributed by atoms with Gasteiger partial charge >= 0.3 is 0 Å². The summed E-state index contributed by atoms with van der Waals surface area (Å²) >= 11 is 0. The van der Waals surface area contributed by atoms with Gasteiger partial charge in [0.05, 0.1) is 11.3 Å². The molecule has 30 heavy (non-hydrogen) atoms. The van der Waals surface area contributed by atoms with E-state index in [4.69, 9.17) is 4.74 Å². The van der Waals surface area contributed by atoms with Gasteiger partial charge in [-0.25, -0.2) is 0 Å². The minimum Gasteiger partial charge on any atom is -0.483 e. The molecule has 0 spiro atoms. The van der Waals surface area contributed by atoms with E-state index in [1.807, 2.05) is 62.4 Å². The number of hydrogen-bond donors (Lipinski definition) is 2. The molecule has 5 heteroatoms. The molecule has 0 unspecified atom stereocenters. The van der Waals surface area contributed by atoms with E-state index in [1.54, 1.807) is 24.3 Å². The van der Waals surface area contributed by atoms with Crippen molar-refractivity contribution in [1.29, 1.82) is 0 Å². The largest absolute Gasteiger partial charge is 0.483 e. The minimum absolute atomic E-state index is 0.131. The fourth-order valence-corrected chi connectivity index (χ4v) is 3.04. The van der Waals surface area contributed by atoms with Gasteiger partial charge in [-0.1, -0.05) is 54.6 Å². The molecule has 0 bridgehead atoms. The van der Waals surface area contributed by atoms with Crippen LogP contribution in [0.4, 0.5) is 5.69 Å². The third kappa shape index (κ3) is 5.95. The fourth-order valence-electron chi connectivity index (χ4n) is 3.04. The second kappa shape index (κ2) is 10.3. The predicted molar refractivity (Wildman–Crippen MR) is 119 cm³/mol. The number of rotatable bonds is 8. The summed E-state index contributed by atoms with van der Waals surface area (Å²) in [5.74, 6) is 0.134. The number of hydrogen-bond acceptors (Lipinski definition) is 3. The molecule has 0 saturated carbocycles. The third-order valence-electron chi connectivity index (χ3n) is 4.69. The van der Waals surface area contributed by atoms with Crippen LogP contribution >= 0.6 is 0 Å². The Bertz CT molecular complexity index is 1020. The van der Waals surface area contributed by atoms with Gasteiger partial charge in [0.25, 0.3) is 11.8 Å². The smallest absolute Gasteiger partial charge is 0.262 e. The highest BCUT2D eigenvalue weighted by molar-refractivity contribution is 6.04. The highest BCUT2D eigenvalue weighted by Crippen LogP contribution is 2.19. The number of amides is 2. The molecule has 5 nitrogen and oxygen atoms in total. The molecule has 3 aromatic rings. The van der Waals surface area contributed by atoms with Crippen molar-refractivity contribution >= 4 is 17.5 Å². The molecule has 0 aliphatic carbocycles. The summed E-state index contributed by atoms with van der Waals surface area (Å²) in [5, 5.41) is 5.69. The number of carbonyl (C=O) groups is 2. The topological polar surface area (TPSA) is 67.4 Å². The van der Waals surface area contributed by atoms with Crippen LogP contribution in [0.1, 0.15) is 27.0 Å². The van der Waals surface area contributed by atoms with Crippen LogP contribution in [-0.4, -0.2) is 25.0 Å². The maximum absolute atomic E-state index is 12.6. The first-order valence-corrected chi connectivity index (χ1v) is 9.94. The van der Waals surface area contributed by atoms with Gasteiger partial charge in [0, 0.05) is 6.54 Å². The second-order valence-corrected chi connectivity index (χ2v) is 7.14. The molecule has 0 heterocycles. The molecule has 154 valence electrons. The second-order valence-electron chi connectivity index (χ2n) is 7.14. The van der Waals surface area contributed by atoms with E-state index in [9.17, 15) is 9.59 Å². The summed E-state index contributed by atoms with van der Waals surface area (Å²) in [7, 11) is 0. The number of nitrogens with one attached hydrogen (secondary N) is 2. The molecular formula is C25H26N2O3. The Morgan fingerprint density at radius 1 is 0.900 bits per heavy atom. The van der Waals surface area contributed by atoms with E-state index in [2.05, 4.69) is 10.6 Å². The highest BCUT2D eigenvalue weighted by atomic mass is 16.5. The van der Waals surface area contributed by atoms with Crippen molar-refractivity contribution in [3.63, 3.8) is 0 Å². The van der Waals surface area contributed by atoms with E-state index in [0.29, 0.717) is 23.5 Å². The van der Waals surface area contributed by atoms with Crippen molar-refractivity contribution in [1.82, 2.24) is 5.32 Å². The van der Waals surface area contributed by atoms with Gasteiger partial charge in [-0.05, 0) is 55.2 Å². The Balaban J connectivity index is 1.56. The van der Waals surface area contributed by atoms with Crippen molar-refractivity contribution in [3.8, 4) is 5.75 Å². The van der Waals surface area contributed by atoms with Gasteiger partial charge in [-0.15, -0.1) is 0 Å². The van der Waals surface area contributed by atoms with Crippen molar-refractivity contribution in [2.24, 2.45) is 0 Å². The zero-order valence-corrected chi connectivity index (χ0v) is 17.3. The van der Waals surface area contributed by atoms with Crippen molar-refractivity contribution in [2.45, 2.75) is 20.3 Å². The van der Waals surface area contributed by atoms with Gasteiger partial charge < -0.3 is 15.4 Å². The third-order valence-corrected chi connectivity index (χ3v) is 4.69. The van der Waals surface area contributed by atoms with Crippen LogP contribution in [-0.2, 0) is 11.2 Å². The quantitative estimate of drug-likeness (QED) is 0.591. The number of carbonyl (C=O) groups excluding carboxylic acids is 2. The lowest BCUT2D eigenvalue weighted by molar-refractivity contribution is -0.118. The number of anilines is 1. The van der Waals surface area contributed by atoms with E-state index < -0.39 is 0 Å². The molecule has 0 fully saturated rings.